The van der Waals surface area contributed by atoms with Crippen molar-refractivity contribution in [1.82, 2.24) is 10.3 Å². The minimum absolute atomic E-state index is 0.0487. The molecule has 3 aliphatic rings. The second-order valence-electron chi connectivity index (χ2n) is 7.97. The predicted molar refractivity (Wildman–Crippen MR) is 91.8 cm³/mol. The summed E-state index contributed by atoms with van der Waals surface area (Å²) in [6.07, 6.45) is 5.57. The highest BCUT2D eigenvalue weighted by Crippen LogP contribution is 2.39. The maximum Gasteiger partial charge on any atom is 0.160 e. The Hall–Kier alpha value is -1.90. The van der Waals surface area contributed by atoms with Crippen LogP contribution in [-0.2, 0) is 16.6 Å². The minimum atomic E-state index is 0.0487. The zero-order valence-corrected chi connectivity index (χ0v) is 14.3. The Kier molecular flexibility index (Phi) is 3.22. The number of hydrogen-bond acceptors (Lipinski definition) is 3. The standard InChI is InChI=1S/C20H24N2O/c1-20(2,3)17-10-9-12-7-8-13-11-14-15(5-4-6-16(14)23)21-19(13)18(12)22-17/h9-10,21H,4-8,11H2,1-3H3. The molecule has 1 aromatic heterocycles. The fourth-order valence-electron chi connectivity index (χ4n) is 3.83. The van der Waals surface area contributed by atoms with E-state index < -0.39 is 0 Å². The van der Waals surface area contributed by atoms with E-state index in [1.165, 1.54) is 16.8 Å². The van der Waals surface area contributed by atoms with Gasteiger partial charge in [-0.2, -0.15) is 0 Å². The second kappa shape index (κ2) is 5.05. The van der Waals surface area contributed by atoms with Crippen LogP contribution in [0.15, 0.2) is 29.0 Å². The highest BCUT2D eigenvalue weighted by atomic mass is 16.1. The van der Waals surface area contributed by atoms with E-state index in [4.69, 9.17) is 4.98 Å². The molecule has 1 aromatic rings. The van der Waals surface area contributed by atoms with Crippen LogP contribution in [0.5, 0.6) is 0 Å². The Balaban J connectivity index is 1.77. The molecule has 0 saturated heterocycles. The number of nitrogens with zero attached hydrogens (tertiary/aromatic N) is 1. The largest absolute Gasteiger partial charge is 0.357 e. The van der Waals surface area contributed by atoms with Crippen molar-refractivity contribution in [2.45, 2.75) is 64.7 Å². The summed E-state index contributed by atoms with van der Waals surface area (Å²) in [5.74, 6) is 0.340. The molecule has 2 aliphatic carbocycles. The highest BCUT2D eigenvalue weighted by Gasteiger charge is 2.31. The Bertz CT molecular complexity index is 762. The topological polar surface area (TPSA) is 42.0 Å². The van der Waals surface area contributed by atoms with Gasteiger partial charge in [0.25, 0.3) is 0 Å². The summed E-state index contributed by atoms with van der Waals surface area (Å²) in [7, 11) is 0. The van der Waals surface area contributed by atoms with Crippen LogP contribution < -0.4 is 5.32 Å². The number of ketones is 1. The zero-order valence-electron chi connectivity index (χ0n) is 14.3. The van der Waals surface area contributed by atoms with Crippen molar-refractivity contribution >= 4 is 11.5 Å². The van der Waals surface area contributed by atoms with Crippen LogP contribution in [0.3, 0.4) is 0 Å². The van der Waals surface area contributed by atoms with E-state index in [9.17, 15) is 4.79 Å². The number of nitrogens with one attached hydrogen (secondary N) is 1. The maximum atomic E-state index is 12.2. The van der Waals surface area contributed by atoms with E-state index in [1.54, 1.807) is 0 Å². The van der Waals surface area contributed by atoms with Crippen LogP contribution in [0.1, 0.15) is 69.8 Å². The third kappa shape index (κ3) is 2.43. The average molecular weight is 308 g/mol. The van der Waals surface area contributed by atoms with Crippen LogP contribution in [0.25, 0.3) is 5.70 Å². The van der Waals surface area contributed by atoms with Gasteiger partial charge in [0, 0.05) is 35.2 Å². The van der Waals surface area contributed by atoms with Gasteiger partial charge in [-0.1, -0.05) is 26.8 Å². The molecule has 4 rings (SSSR count). The Morgan fingerprint density at radius 2 is 1.91 bits per heavy atom. The van der Waals surface area contributed by atoms with Crippen molar-refractivity contribution < 1.29 is 4.79 Å². The van der Waals surface area contributed by atoms with E-state index in [2.05, 4.69) is 38.2 Å². The maximum absolute atomic E-state index is 12.2. The van der Waals surface area contributed by atoms with Crippen molar-refractivity contribution in [3.05, 3.63) is 45.9 Å². The molecule has 0 unspecified atom stereocenters. The van der Waals surface area contributed by atoms with E-state index >= 15 is 0 Å². The summed E-state index contributed by atoms with van der Waals surface area (Å²) in [4.78, 5) is 17.2. The van der Waals surface area contributed by atoms with Gasteiger partial charge in [-0.05, 0) is 42.9 Å². The SMILES string of the molecule is CC(C)(C)c1ccc2c(n1)C1=C(CC2)CC2=C(CCCC2=O)N1. The molecule has 3 nitrogen and oxygen atoms in total. The van der Waals surface area contributed by atoms with Gasteiger partial charge >= 0.3 is 0 Å². The Labute approximate surface area is 137 Å². The fourth-order valence-corrected chi connectivity index (χ4v) is 3.83. The number of pyridine rings is 1. The summed E-state index contributed by atoms with van der Waals surface area (Å²) in [5, 5.41) is 3.60. The van der Waals surface area contributed by atoms with Gasteiger partial charge < -0.3 is 5.32 Å². The molecule has 0 amide bonds. The van der Waals surface area contributed by atoms with Gasteiger partial charge in [0.15, 0.2) is 5.78 Å². The minimum Gasteiger partial charge on any atom is -0.357 e. The van der Waals surface area contributed by atoms with Crippen LogP contribution in [0, 0.1) is 0 Å². The number of Topliss-reactive ketones (excluding diaryl/α,β-unsaturated/α-hetero) is 1. The van der Waals surface area contributed by atoms with Gasteiger partial charge in [0.05, 0.1) is 11.4 Å². The van der Waals surface area contributed by atoms with E-state index in [0.29, 0.717) is 12.2 Å². The molecule has 0 saturated carbocycles. The summed E-state index contributed by atoms with van der Waals surface area (Å²) in [6, 6.07) is 4.41. The first-order valence-corrected chi connectivity index (χ1v) is 8.68. The van der Waals surface area contributed by atoms with Gasteiger partial charge in [-0.25, -0.2) is 0 Å². The number of aromatic nitrogens is 1. The number of allylic oxidation sites excluding steroid dienone is 3. The quantitative estimate of drug-likeness (QED) is 0.786. The lowest BCUT2D eigenvalue weighted by Crippen LogP contribution is -2.30. The predicted octanol–water partition coefficient (Wildman–Crippen LogP) is 4.04. The van der Waals surface area contributed by atoms with Crippen LogP contribution in [-0.4, -0.2) is 10.8 Å². The van der Waals surface area contributed by atoms with Crippen molar-refractivity contribution in [3.63, 3.8) is 0 Å². The van der Waals surface area contributed by atoms with Crippen molar-refractivity contribution in [2.75, 3.05) is 0 Å². The smallest absolute Gasteiger partial charge is 0.160 e. The lowest BCUT2D eigenvalue weighted by molar-refractivity contribution is -0.116. The molecular formula is C20H24N2O. The molecule has 0 fully saturated rings. The van der Waals surface area contributed by atoms with Gasteiger partial charge in [0.1, 0.15) is 0 Å². The Morgan fingerprint density at radius 1 is 1.09 bits per heavy atom. The van der Waals surface area contributed by atoms with Crippen molar-refractivity contribution in [2.24, 2.45) is 0 Å². The number of carbonyl (C=O) groups is 1. The molecular weight excluding hydrogens is 284 g/mol. The summed E-state index contributed by atoms with van der Waals surface area (Å²) >= 11 is 0. The lowest BCUT2D eigenvalue weighted by atomic mass is 9.81. The molecule has 0 aromatic carbocycles. The molecule has 2 heterocycles. The van der Waals surface area contributed by atoms with Gasteiger partial charge in [-0.3, -0.25) is 9.78 Å². The first-order valence-electron chi connectivity index (χ1n) is 8.68. The molecule has 0 radical (unpaired) electrons. The fraction of sp³-hybridized carbons (Fsp3) is 0.500. The number of hydrogen-bond donors (Lipinski definition) is 1. The molecule has 23 heavy (non-hydrogen) atoms. The molecule has 0 bridgehead atoms. The van der Waals surface area contributed by atoms with Crippen molar-refractivity contribution in [3.8, 4) is 0 Å². The molecule has 120 valence electrons. The normalized spacial score (nSPS) is 20.7. The number of rotatable bonds is 0. The molecule has 0 atom stereocenters. The average Bonchev–Trinajstić information content (AvgIpc) is 2.52. The lowest BCUT2D eigenvalue weighted by Gasteiger charge is -2.33. The third-order valence-corrected chi connectivity index (χ3v) is 5.23. The van der Waals surface area contributed by atoms with E-state index in [0.717, 1.165) is 54.8 Å². The third-order valence-electron chi connectivity index (χ3n) is 5.23. The monoisotopic (exact) mass is 308 g/mol. The summed E-state index contributed by atoms with van der Waals surface area (Å²) in [6.45, 7) is 6.61. The van der Waals surface area contributed by atoms with Crippen LogP contribution in [0.4, 0.5) is 0 Å². The second-order valence-corrected chi connectivity index (χ2v) is 7.97. The molecule has 3 heteroatoms. The van der Waals surface area contributed by atoms with Gasteiger partial charge in [-0.15, -0.1) is 0 Å². The molecule has 1 aliphatic heterocycles. The highest BCUT2D eigenvalue weighted by molar-refractivity contribution is 5.98. The number of dihydropyridines is 1. The van der Waals surface area contributed by atoms with Crippen LogP contribution in [0.2, 0.25) is 0 Å². The van der Waals surface area contributed by atoms with Crippen LogP contribution >= 0.6 is 0 Å². The van der Waals surface area contributed by atoms with Gasteiger partial charge in [0.2, 0.25) is 0 Å². The number of aryl methyl sites for hydroxylation is 1. The number of fused-ring (bicyclic) bond motifs is 2. The van der Waals surface area contributed by atoms with E-state index in [1.807, 2.05) is 0 Å². The number of carbonyl (C=O) groups excluding carboxylic acids is 1. The first-order chi connectivity index (χ1) is 10.9. The Morgan fingerprint density at radius 3 is 2.70 bits per heavy atom. The van der Waals surface area contributed by atoms with Crippen molar-refractivity contribution in [1.29, 1.82) is 0 Å². The zero-order chi connectivity index (χ0) is 16.2. The van der Waals surface area contributed by atoms with E-state index in [-0.39, 0.29) is 5.41 Å². The molecule has 1 N–H and O–H groups in total. The molecule has 0 spiro atoms. The summed E-state index contributed by atoms with van der Waals surface area (Å²) in [5.41, 5.74) is 8.36. The first kappa shape index (κ1) is 14.7. The summed E-state index contributed by atoms with van der Waals surface area (Å²) < 4.78 is 0.